The van der Waals surface area contributed by atoms with Crippen molar-refractivity contribution in [2.75, 3.05) is 7.11 Å². The lowest BCUT2D eigenvalue weighted by molar-refractivity contribution is -0.119. The number of hydrogen-bond donors (Lipinski definition) is 1. The molecule has 2 rings (SSSR count). The predicted octanol–water partition coefficient (Wildman–Crippen LogP) is 0.874. The Morgan fingerprint density at radius 3 is 3.13 bits per heavy atom. The van der Waals surface area contributed by atoms with E-state index in [4.69, 9.17) is 15.2 Å². The number of carbonyl (C=O) groups excluding carboxylic acids is 1. The van der Waals surface area contributed by atoms with Gasteiger partial charge in [-0.25, -0.2) is 0 Å². The third-order valence-corrected chi connectivity index (χ3v) is 2.44. The van der Waals surface area contributed by atoms with E-state index in [-0.39, 0.29) is 18.4 Å². The first-order chi connectivity index (χ1) is 7.19. The molecule has 1 aliphatic rings. The third-order valence-electron chi connectivity index (χ3n) is 2.44. The van der Waals surface area contributed by atoms with Crippen LogP contribution in [0.25, 0.3) is 0 Å². The SMILES string of the molecule is COc1ccc2c(c1)CC(CC(N)=O)O2. The van der Waals surface area contributed by atoms with Crippen LogP contribution in [0.2, 0.25) is 0 Å². The van der Waals surface area contributed by atoms with Crippen molar-refractivity contribution in [2.24, 2.45) is 5.73 Å². The summed E-state index contributed by atoms with van der Waals surface area (Å²) in [7, 11) is 1.62. The van der Waals surface area contributed by atoms with Crippen molar-refractivity contribution in [3.63, 3.8) is 0 Å². The summed E-state index contributed by atoms with van der Waals surface area (Å²) in [4.78, 5) is 10.7. The summed E-state index contributed by atoms with van der Waals surface area (Å²) in [5, 5.41) is 0. The van der Waals surface area contributed by atoms with E-state index < -0.39 is 0 Å². The van der Waals surface area contributed by atoms with Gasteiger partial charge in [-0.2, -0.15) is 0 Å². The largest absolute Gasteiger partial charge is 0.497 e. The molecule has 1 amide bonds. The van der Waals surface area contributed by atoms with Crippen molar-refractivity contribution >= 4 is 5.91 Å². The first-order valence-corrected chi connectivity index (χ1v) is 4.81. The average molecular weight is 207 g/mol. The number of hydrogen-bond acceptors (Lipinski definition) is 3. The van der Waals surface area contributed by atoms with Gasteiger partial charge in [0.25, 0.3) is 0 Å². The van der Waals surface area contributed by atoms with Crippen LogP contribution in [0.5, 0.6) is 11.5 Å². The van der Waals surface area contributed by atoms with Crippen LogP contribution in [0.4, 0.5) is 0 Å². The number of amides is 1. The summed E-state index contributed by atoms with van der Waals surface area (Å²) in [5.41, 5.74) is 6.19. The molecular weight excluding hydrogens is 194 g/mol. The number of rotatable bonds is 3. The number of primary amides is 1. The zero-order valence-corrected chi connectivity index (χ0v) is 8.53. The number of fused-ring (bicyclic) bond motifs is 1. The minimum atomic E-state index is -0.334. The average Bonchev–Trinajstić information content (AvgIpc) is 2.57. The summed E-state index contributed by atoms with van der Waals surface area (Å²) in [6.45, 7) is 0. The molecule has 15 heavy (non-hydrogen) atoms. The maximum atomic E-state index is 10.7. The fourth-order valence-corrected chi connectivity index (χ4v) is 1.76. The van der Waals surface area contributed by atoms with Crippen LogP contribution in [0.15, 0.2) is 18.2 Å². The zero-order valence-electron chi connectivity index (χ0n) is 8.53. The molecule has 0 radical (unpaired) electrons. The molecule has 0 aliphatic carbocycles. The minimum Gasteiger partial charge on any atom is -0.497 e. The second-order valence-corrected chi connectivity index (χ2v) is 3.59. The molecule has 1 unspecified atom stereocenters. The van der Waals surface area contributed by atoms with E-state index in [1.165, 1.54) is 0 Å². The lowest BCUT2D eigenvalue weighted by Crippen LogP contribution is -2.23. The highest BCUT2D eigenvalue weighted by Gasteiger charge is 2.24. The van der Waals surface area contributed by atoms with Crippen LogP contribution < -0.4 is 15.2 Å². The summed E-state index contributed by atoms with van der Waals surface area (Å²) < 4.78 is 10.7. The Hall–Kier alpha value is -1.71. The van der Waals surface area contributed by atoms with Crippen LogP contribution in [-0.4, -0.2) is 19.1 Å². The summed E-state index contributed by atoms with van der Waals surface area (Å²) in [5.74, 6) is 1.29. The fraction of sp³-hybridized carbons (Fsp3) is 0.364. The molecule has 2 N–H and O–H groups in total. The Balaban J connectivity index is 2.13. The molecule has 1 aromatic carbocycles. The Morgan fingerprint density at radius 2 is 2.47 bits per heavy atom. The maximum Gasteiger partial charge on any atom is 0.221 e. The predicted molar refractivity (Wildman–Crippen MR) is 54.9 cm³/mol. The fourth-order valence-electron chi connectivity index (χ4n) is 1.76. The van der Waals surface area contributed by atoms with E-state index in [0.717, 1.165) is 23.5 Å². The quantitative estimate of drug-likeness (QED) is 0.800. The van der Waals surface area contributed by atoms with E-state index in [2.05, 4.69) is 0 Å². The number of methoxy groups -OCH3 is 1. The molecule has 1 atom stereocenters. The molecule has 0 spiro atoms. The second kappa shape index (κ2) is 3.81. The third kappa shape index (κ3) is 2.03. The number of carbonyl (C=O) groups is 1. The highest BCUT2D eigenvalue weighted by atomic mass is 16.5. The summed E-state index contributed by atoms with van der Waals surface area (Å²) in [6, 6.07) is 5.62. The van der Waals surface area contributed by atoms with Crippen LogP contribution in [-0.2, 0) is 11.2 Å². The first kappa shape index (κ1) is 9.83. The Bertz CT molecular complexity index is 389. The van der Waals surface area contributed by atoms with Crippen LogP contribution in [0, 0.1) is 0 Å². The Morgan fingerprint density at radius 1 is 1.67 bits per heavy atom. The number of nitrogens with two attached hydrogens (primary N) is 1. The highest BCUT2D eigenvalue weighted by Crippen LogP contribution is 2.32. The van der Waals surface area contributed by atoms with Gasteiger partial charge < -0.3 is 15.2 Å². The van der Waals surface area contributed by atoms with E-state index in [1.54, 1.807) is 7.11 Å². The van der Waals surface area contributed by atoms with Gasteiger partial charge in [-0.15, -0.1) is 0 Å². The van der Waals surface area contributed by atoms with E-state index in [0.29, 0.717) is 0 Å². The molecule has 0 bridgehead atoms. The van der Waals surface area contributed by atoms with E-state index in [1.807, 2.05) is 18.2 Å². The molecule has 1 aliphatic heterocycles. The van der Waals surface area contributed by atoms with Crippen molar-refractivity contribution in [1.82, 2.24) is 0 Å². The maximum absolute atomic E-state index is 10.7. The Kier molecular flexibility index (Phi) is 2.49. The van der Waals surface area contributed by atoms with Gasteiger partial charge >= 0.3 is 0 Å². The molecule has 1 aromatic rings. The number of benzene rings is 1. The smallest absolute Gasteiger partial charge is 0.221 e. The van der Waals surface area contributed by atoms with Crippen molar-refractivity contribution in [1.29, 1.82) is 0 Å². The molecular formula is C11H13NO3. The van der Waals surface area contributed by atoms with E-state index >= 15 is 0 Å². The molecule has 0 saturated carbocycles. The van der Waals surface area contributed by atoms with Gasteiger partial charge in [0.2, 0.25) is 5.91 Å². The molecule has 0 aromatic heterocycles. The monoisotopic (exact) mass is 207 g/mol. The highest BCUT2D eigenvalue weighted by molar-refractivity contribution is 5.74. The standard InChI is InChI=1S/C11H13NO3/c1-14-8-2-3-10-7(4-8)5-9(15-10)6-11(12)13/h2-4,9H,5-6H2,1H3,(H2,12,13). The lowest BCUT2D eigenvalue weighted by atomic mass is 10.1. The van der Waals surface area contributed by atoms with Crippen LogP contribution >= 0.6 is 0 Å². The normalized spacial score (nSPS) is 18.1. The van der Waals surface area contributed by atoms with Crippen molar-refractivity contribution in [3.05, 3.63) is 23.8 Å². The molecule has 4 nitrogen and oxygen atoms in total. The summed E-state index contributed by atoms with van der Waals surface area (Å²) in [6.07, 6.45) is 0.858. The van der Waals surface area contributed by atoms with Gasteiger partial charge in [-0.3, -0.25) is 4.79 Å². The van der Waals surface area contributed by atoms with Crippen molar-refractivity contribution in [3.8, 4) is 11.5 Å². The topological polar surface area (TPSA) is 61.5 Å². The van der Waals surface area contributed by atoms with Gasteiger partial charge in [0, 0.05) is 12.0 Å². The van der Waals surface area contributed by atoms with Gasteiger partial charge in [-0.1, -0.05) is 0 Å². The second-order valence-electron chi connectivity index (χ2n) is 3.59. The van der Waals surface area contributed by atoms with Crippen molar-refractivity contribution < 1.29 is 14.3 Å². The molecule has 4 heteroatoms. The summed E-state index contributed by atoms with van der Waals surface area (Å²) >= 11 is 0. The molecule has 0 fully saturated rings. The van der Waals surface area contributed by atoms with E-state index in [9.17, 15) is 4.79 Å². The minimum absolute atomic E-state index is 0.121. The van der Waals surface area contributed by atoms with Gasteiger partial charge in [0.05, 0.1) is 13.5 Å². The van der Waals surface area contributed by atoms with Gasteiger partial charge in [-0.05, 0) is 18.2 Å². The zero-order chi connectivity index (χ0) is 10.8. The van der Waals surface area contributed by atoms with Crippen LogP contribution in [0.1, 0.15) is 12.0 Å². The lowest BCUT2D eigenvalue weighted by Gasteiger charge is -2.06. The van der Waals surface area contributed by atoms with Gasteiger partial charge in [0.15, 0.2) is 0 Å². The number of ether oxygens (including phenoxy) is 2. The van der Waals surface area contributed by atoms with Crippen LogP contribution in [0.3, 0.4) is 0 Å². The molecule has 80 valence electrons. The molecule has 0 saturated heterocycles. The Labute approximate surface area is 88.0 Å². The van der Waals surface area contributed by atoms with Gasteiger partial charge in [0.1, 0.15) is 17.6 Å². The molecule has 1 heterocycles. The first-order valence-electron chi connectivity index (χ1n) is 4.81. The van der Waals surface area contributed by atoms with Crippen molar-refractivity contribution in [2.45, 2.75) is 18.9 Å².